The van der Waals surface area contributed by atoms with Crippen LogP contribution in [0.3, 0.4) is 0 Å². The first-order valence-electron chi connectivity index (χ1n) is 36.8. The number of rotatable bonds is 60. The van der Waals surface area contributed by atoms with Crippen LogP contribution < -0.4 is 5.32 Å². The molecule has 12 unspecified atom stereocenters. The summed E-state index contributed by atoms with van der Waals surface area (Å²) in [6.45, 7) is 2.66. The molecule has 2 rings (SSSR count). The maximum absolute atomic E-state index is 13.3. The van der Waals surface area contributed by atoms with Gasteiger partial charge in [-0.05, 0) is 83.5 Å². The van der Waals surface area contributed by atoms with Crippen LogP contribution in [0, 0.1) is 0 Å². The Morgan fingerprint density at radius 1 is 0.411 bits per heavy atom. The van der Waals surface area contributed by atoms with Crippen LogP contribution in [0.1, 0.15) is 296 Å². The van der Waals surface area contributed by atoms with Crippen LogP contribution in [-0.2, 0) is 23.7 Å². The molecule has 0 aromatic rings. The first-order chi connectivity index (χ1) is 44.1. The number of amides is 1. The van der Waals surface area contributed by atoms with E-state index in [-0.39, 0.29) is 18.9 Å². The number of aliphatic hydroxyl groups is 8. The molecule has 0 aromatic carbocycles. The average molecular weight is 1270 g/mol. The Hall–Kier alpha value is -2.83. The Morgan fingerprint density at radius 2 is 0.778 bits per heavy atom. The highest BCUT2D eigenvalue weighted by Gasteiger charge is 2.51. The van der Waals surface area contributed by atoms with Crippen molar-refractivity contribution in [2.24, 2.45) is 0 Å². The van der Waals surface area contributed by atoms with E-state index < -0.39 is 86.8 Å². The highest BCUT2D eigenvalue weighted by Crippen LogP contribution is 2.30. The molecule has 14 heteroatoms. The molecule has 9 N–H and O–H groups in total. The van der Waals surface area contributed by atoms with E-state index in [4.69, 9.17) is 18.9 Å². The van der Waals surface area contributed by atoms with Gasteiger partial charge >= 0.3 is 0 Å². The topological polar surface area (TPSA) is 228 Å². The summed E-state index contributed by atoms with van der Waals surface area (Å²) in [5.41, 5.74) is 0. The number of aliphatic hydroxyl groups excluding tert-OH is 8. The lowest BCUT2D eigenvalue weighted by atomic mass is 9.97. The molecular formula is C76H135NO13. The van der Waals surface area contributed by atoms with Crippen molar-refractivity contribution in [1.29, 1.82) is 0 Å². The number of carbonyl (C=O) groups is 1. The first kappa shape index (κ1) is 83.3. The zero-order valence-corrected chi connectivity index (χ0v) is 56.9. The summed E-state index contributed by atoms with van der Waals surface area (Å²) >= 11 is 0. The predicted octanol–water partition coefficient (Wildman–Crippen LogP) is 15.6. The largest absolute Gasteiger partial charge is 0.394 e. The predicted molar refractivity (Wildman–Crippen MR) is 369 cm³/mol. The molecule has 1 amide bonds. The summed E-state index contributed by atoms with van der Waals surface area (Å²) < 4.78 is 22.8. The van der Waals surface area contributed by atoms with Gasteiger partial charge in [-0.3, -0.25) is 4.79 Å². The fourth-order valence-corrected chi connectivity index (χ4v) is 11.7. The van der Waals surface area contributed by atoms with E-state index in [1.165, 1.54) is 193 Å². The number of carbonyl (C=O) groups excluding carboxylic acids is 1. The summed E-state index contributed by atoms with van der Waals surface area (Å²) in [5.74, 6) is -0.251. The SMILES string of the molecule is CC/C=C\C/C=C\C/C=C\C/C=C\CCCCCCCCCCCCCCCCCCCCCCCCCCCCCCC(=O)NC(COC1OC(CO)C(OC2OC(CO)C(O)C(O)C2O)C(O)C1O)C(O)/C=C/CC/C=C/CC/C=C/CCCCCCC. The van der Waals surface area contributed by atoms with Crippen LogP contribution in [0.5, 0.6) is 0 Å². The van der Waals surface area contributed by atoms with Crippen molar-refractivity contribution in [3.05, 3.63) is 85.1 Å². The lowest BCUT2D eigenvalue weighted by molar-refractivity contribution is -0.359. The second-order valence-electron chi connectivity index (χ2n) is 25.7. The molecule has 522 valence electrons. The van der Waals surface area contributed by atoms with Gasteiger partial charge in [0.1, 0.15) is 48.8 Å². The van der Waals surface area contributed by atoms with Crippen molar-refractivity contribution in [1.82, 2.24) is 5.32 Å². The maximum atomic E-state index is 13.3. The molecule has 2 heterocycles. The van der Waals surface area contributed by atoms with Crippen LogP contribution in [0.25, 0.3) is 0 Å². The molecule has 0 spiro atoms. The highest BCUT2D eigenvalue weighted by molar-refractivity contribution is 5.76. The van der Waals surface area contributed by atoms with E-state index in [9.17, 15) is 45.6 Å². The maximum Gasteiger partial charge on any atom is 0.220 e. The van der Waals surface area contributed by atoms with Gasteiger partial charge in [-0.2, -0.15) is 0 Å². The van der Waals surface area contributed by atoms with Gasteiger partial charge in [0.15, 0.2) is 12.6 Å². The molecule has 0 aromatic heterocycles. The average Bonchev–Trinajstić information content (AvgIpc) is 1.58. The van der Waals surface area contributed by atoms with E-state index in [0.717, 1.165) is 70.6 Å². The molecule has 14 nitrogen and oxygen atoms in total. The van der Waals surface area contributed by atoms with Crippen molar-refractivity contribution in [3.8, 4) is 0 Å². The Kier molecular flexibility index (Phi) is 55.4. The summed E-state index contributed by atoms with van der Waals surface area (Å²) in [7, 11) is 0. The van der Waals surface area contributed by atoms with Gasteiger partial charge in [0.05, 0.1) is 32.0 Å². The molecule has 90 heavy (non-hydrogen) atoms. The van der Waals surface area contributed by atoms with E-state index in [2.05, 4.69) is 92.1 Å². The zero-order chi connectivity index (χ0) is 65.2. The number of hydrogen-bond donors (Lipinski definition) is 9. The summed E-state index contributed by atoms with van der Waals surface area (Å²) in [5, 5.41) is 87.3. The molecule has 0 saturated carbocycles. The van der Waals surface area contributed by atoms with E-state index in [1.807, 2.05) is 6.08 Å². The molecule has 0 aliphatic carbocycles. The summed E-state index contributed by atoms with van der Waals surface area (Å²) in [6.07, 6.45) is 66.8. The molecule has 0 bridgehead atoms. The minimum atomic E-state index is -1.79. The molecular weight excluding hydrogens is 1130 g/mol. The first-order valence-corrected chi connectivity index (χ1v) is 36.8. The van der Waals surface area contributed by atoms with Gasteiger partial charge in [-0.15, -0.1) is 0 Å². The Balaban J connectivity index is 1.55. The van der Waals surface area contributed by atoms with Gasteiger partial charge < -0.3 is 65.1 Å². The fourth-order valence-electron chi connectivity index (χ4n) is 11.7. The third kappa shape index (κ3) is 43.2. The minimum Gasteiger partial charge on any atom is -0.394 e. The lowest BCUT2D eigenvalue weighted by Gasteiger charge is -2.46. The van der Waals surface area contributed by atoms with Crippen molar-refractivity contribution in [2.45, 2.75) is 370 Å². The number of allylic oxidation sites excluding steroid dienone is 13. The van der Waals surface area contributed by atoms with Crippen molar-refractivity contribution >= 4 is 5.91 Å². The molecule has 2 fully saturated rings. The van der Waals surface area contributed by atoms with Crippen LogP contribution in [0.15, 0.2) is 85.1 Å². The van der Waals surface area contributed by atoms with Crippen LogP contribution in [0.2, 0.25) is 0 Å². The Bertz CT molecular complexity index is 1830. The molecule has 2 aliphatic heterocycles. The third-order valence-electron chi connectivity index (χ3n) is 17.5. The van der Waals surface area contributed by atoms with Gasteiger partial charge in [0, 0.05) is 6.42 Å². The van der Waals surface area contributed by atoms with Crippen LogP contribution >= 0.6 is 0 Å². The highest BCUT2D eigenvalue weighted by atomic mass is 16.7. The van der Waals surface area contributed by atoms with Crippen molar-refractivity contribution in [2.75, 3.05) is 19.8 Å². The van der Waals surface area contributed by atoms with Crippen molar-refractivity contribution in [3.63, 3.8) is 0 Å². The zero-order valence-electron chi connectivity index (χ0n) is 56.9. The second-order valence-corrected chi connectivity index (χ2v) is 25.7. The molecule has 2 aliphatic rings. The normalized spacial score (nSPS) is 23.4. The fraction of sp³-hybridized carbons (Fsp3) is 0.803. The van der Waals surface area contributed by atoms with Gasteiger partial charge in [0.2, 0.25) is 5.91 Å². The molecule has 12 atom stereocenters. The monoisotopic (exact) mass is 1270 g/mol. The number of hydrogen-bond acceptors (Lipinski definition) is 13. The van der Waals surface area contributed by atoms with Gasteiger partial charge in [-0.25, -0.2) is 0 Å². The van der Waals surface area contributed by atoms with Gasteiger partial charge in [0.25, 0.3) is 0 Å². The second kappa shape index (κ2) is 59.9. The minimum absolute atomic E-state index is 0.251. The van der Waals surface area contributed by atoms with E-state index >= 15 is 0 Å². The number of nitrogens with one attached hydrogen (secondary N) is 1. The van der Waals surface area contributed by atoms with Crippen LogP contribution in [-0.4, -0.2) is 140 Å². The quantitative estimate of drug-likeness (QED) is 0.0204. The Morgan fingerprint density at radius 3 is 1.22 bits per heavy atom. The van der Waals surface area contributed by atoms with E-state index in [1.54, 1.807) is 6.08 Å². The standard InChI is InChI=1S/C76H135NO13/c1-3-5-7-9-11-13-15-17-19-20-21-22-23-24-25-26-27-28-29-30-31-32-33-34-35-36-37-38-39-40-41-42-43-44-46-48-50-52-54-56-58-60-68(81)77-64(65(80)59-57-55-53-51-49-47-45-18-16-14-12-10-8-6-4-2)63-87-75-73(86)71(84)74(67(62-79)89-75)90-76-72(85)70(83)69(82)66(61-78)88-76/h5,7,11,13,16-19,21-22,49,51,57,59,64-67,69-76,78-80,82-86H,3-4,6,8-10,12,14-15,20,23-48,50,52-56,58,60-63H2,1-2H3,(H,77,81)/b7-5-,13-11-,18-16+,19-17-,22-21-,51-49+,59-57+. The van der Waals surface area contributed by atoms with Crippen LogP contribution in [0.4, 0.5) is 0 Å². The third-order valence-corrected chi connectivity index (χ3v) is 17.5. The number of ether oxygens (including phenoxy) is 4. The smallest absolute Gasteiger partial charge is 0.220 e. The van der Waals surface area contributed by atoms with E-state index in [0.29, 0.717) is 12.8 Å². The van der Waals surface area contributed by atoms with Crippen molar-refractivity contribution < 1.29 is 64.6 Å². The number of unbranched alkanes of at least 4 members (excludes halogenated alkanes) is 35. The lowest BCUT2D eigenvalue weighted by Crippen LogP contribution is -2.65. The van der Waals surface area contributed by atoms with Gasteiger partial charge in [-0.1, -0.05) is 292 Å². The Labute approximate surface area is 548 Å². The molecule has 2 saturated heterocycles. The summed E-state index contributed by atoms with van der Waals surface area (Å²) in [6, 6.07) is -0.939. The summed E-state index contributed by atoms with van der Waals surface area (Å²) in [4.78, 5) is 13.3. The molecule has 0 radical (unpaired) electrons.